The van der Waals surface area contributed by atoms with E-state index in [1.54, 1.807) is 12.1 Å². The Morgan fingerprint density at radius 3 is 2.57 bits per heavy atom. The molecule has 3 aromatic rings. The summed E-state index contributed by atoms with van der Waals surface area (Å²) in [5.41, 5.74) is 4.34. The highest BCUT2D eigenvalue weighted by Crippen LogP contribution is 2.46. The van der Waals surface area contributed by atoms with E-state index in [1.165, 1.54) is 0 Å². The lowest BCUT2D eigenvalue weighted by Gasteiger charge is -2.44. The molecule has 5 heteroatoms. The number of hydrogen-bond donors (Lipinski definition) is 2. The maximum atomic E-state index is 13.6. The van der Waals surface area contributed by atoms with Crippen LogP contribution in [0.4, 0.5) is 5.69 Å². The van der Waals surface area contributed by atoms with Crippen LogP contribution >= 0.6 is 0 Å². The minimum atomic E-state index is -0.667. The summed E-state index contributed by atoms with van der Waals surface area (Å²) in [6.07, 6.45) is -0.517. The highest BCUT2D eigenvalue weighted by molar-refractivity contribution is 6.33. The van der Waals surface area contributed by atoms with E-state index >= 15 is 0 Å². The molecule has 2 bridgehead atoms. The Balaban J connectivity index is 1.57. The van der Waals surface area contributed by atoms with Gasteiger partial charge in [-0.15, -0.1) is 0 Å². The molecule has 3 aromatic carbocycles. The number of carbonyl (C=O) groups is 2. The SMILES string of the molecule is Cc1ccc2c3c(ccc2c1)C(=O)c1c(ccc2c1N[C@@H]1C[C@H]2O[C@@H](C)[C@@H]1O)C3=O. The van der Waals surface area contributed by atoms with Gasteiger partial charge in [-0.25, -0.2) is 0 Å². The molecule has 2 heterocycles. The van der Waals surface area contributed by atoms with Crippen LogP contribution in [0.5, 0.6) is 0 Å². The second kappa shape index (κ2) is 6.00. The number of hydrogen-bond acceptors (Lipinski definition) is 5. The van der Waals surface area contributed by atoms with E-state index in [2.05, 4.69) is 5.32 Å². The fourth-order valence-electron chi connectivity index (χ4n) is 5.24. The molecule has 0 saturated carbocycles. The van der Waals surface area contributed by atoms with Gasteiger partial charge in [-0.1, -0.05) is 35.9 Å². The van der Waals surface area contributed by atoms with Crippen molar-refractivity contribution in [1.29, 1.82) is 0 Å². The summed E-state index contributed by atoms with van der Waals surface area (Å²) in [7, 11) is 0. The molecule has 6 rings (SSSR count). The Bertz CT molecular complexity index is 1280. The number of aliphatic hydroxyl groups excluding tert-OH is 1. The van der Waals surface area contributed by atoms with Crippen LogP contribution in [0.15, 0.2) is 42.5 Å². The van der Waals surface area contributed by atoms with Crippen LogP contribution in [0.2, 0.25) is 0 Å². The van der Waals surface area contributed by atoms with Gasteiger partial charge in [0.15, 0.2) is 11.6 Å². The van der Waals surface area contributed by atoms with Crippen LogP contribution < -0.4 is 5.32 Å². The zero-order valence-corrected chi connectivity index (χ0v) is 16.7. The van der Waals surface area contributed by atoms with E-state index in [9.17, 15) is 14.7 Å². The third kappa shape index (κ3) is 2.25. The zero-order chi connectivity index (χ0) is 20.7. The van der Waals surface area contributed by atoms with Crippen molar-refractivity contribution in [3.63, 3.8) is 0 Å². The first-order valence-corrected chi connectivity index (χ1v) is 10.3. The fraction of sp³-hybridized carbons (Fsp3) is 0.280. The number of aryl methyl sites for hydroxylation is 1. The Kier molecular flexibility index (Phi) is 3.56. The highest BCUT2D eigenvalue weighted by Gasteiger charge is 2.43. The van der Waals surface area contributed by atoms with Crippen LogP contribution in [-0.2, 0) is 4.74 Å². The normalized spacial score (nSPS) is 26.6. The zero-order valence-electron chi connectivity index (χ0n) is 16.7. The number of aliphatic hydroxyl groups is 1. The topological polar surface area (TPSA) is 75.6 Å². The van der Waals surface area contributed by atoms with E-state index < -0.39 is 6.10 Å². The first-order valence-electron chi connectivity index (χ1n) is 10.3. The molecule has 0 radical (unpaired) electrons. The van der Waals surface area contributed by atoms with Crippen LogP contribution in [0.25, 0.3) is 10.8 Å². The lowest BCUT2D eigenvalue weighted by atomic mass is 9.77. The number of anilines is 1. The molecule has 5 nitrogen and oxygen atoms in total. The molecule has 1 fully saturated rings. The van der Waals surface area contributed by atoms with E-state index in [1.807, 2.05) is 44.2 Å². The van der Waals surface area contributed by atoms with E-state index in [0.29, 0.717) is 34.4 Å². The highest BCUT2D eigenvalue weighted by atomic mass is 16.5. The second-order valence-corrected chi connectivity index (χ2v) is 8.63. The number of ketones is 2. The van der Waals surface area contributed by atoms with E-state index in [0.717, 1.165) is 21.9 Å². The van der Waals surface area contributed by atoms with Gasteiger partial charge in [-0.2, -0.15) is 0 Å². The molecule has 150 valence electrons. The van der Waals surface area contributed by atoms with Crippen molar-refractivity contribution in [3.8, 4) is 0 Å². The van der Waals surface area contributed by atoms with Crippen molar-refractivity contribution in [2.45, 2.75) is 44.6 Å². The molecule has 0 amide bonds. The average molecular weight is 399 g/mol. The van der Waals surface area contributed by atoms with Gasteiger partial charge in [-0.3, -0.25) is 9.59 Å². The van der Waals surface area contributed by atoms with Crippen LogP contribution in [0.3, 0.4) is 0 Å². The molecule has 2 N–H and O–H groups in total. The Labute approximate surface area is 173 Å². The number of fused-ring (bicyclic) bond motifs is 9. The quantitative estimate of drug-likeness (QED) is 0.469. The molecule has 2 aliphatic heterocycles. The number of benzene rings is 3. The van der Waals surface area contributed by atoms with Gasteiger partial charge in [0.2, 0.25) is 0 Å². The molecular weight excluding hydrogens is 378 g/mol. The smallest absolute Gasteiger partial charge is 0.196 e. The van der Waals surface area contributed by atoms with Gasteiger partial charge >= 0.3 is 0 Å². The Hall–Kier alpha value is -3.02. The number of rotatable bonds is 0. The van der Waals surface area contributed by atoms with Crippen molar-refractivity contribution in [2.75, 3.05) is 5.32 Å². The summed E-state index contributed by atoms with van der Waals surface area (Å²) in [6.45, 7) is 3.86. The predicted molar refractivity (Wildman–Crippen MR) is 113 cm³/mol. The molecule has 0 unspecified atom stereocenters. The van der Waals surface area contributed by atoms with Crippen molar-refractivity contribution < 1.29 is 19.4 Å². The Morgan fingerprint density at radius 1 is 1.00 bits per heavy atom. The van der Waals surface area contributed by atoms with E-state index in [4.69, 9.17) is 4.74 Å². The largest absolute Gasteiger partial charge is 0.388 e. The fourth-order valence-corrected chi connectivity index (χ4v) is 5.24. The van der Waals surface area contributed by atoms with Crippen molar-refractivity contribution in [2.24, 2.45) is 0 Å². The minimum absolute atomic E-state index is 0.135. The third-order valence-electron chi connectivity index (χ3n) is 6.77. The van der Waals surface area contributed by atoms with Crippen LogP contribution in [0, 0.1) is 6.92 Å². The van der Waals surface area contributed by atoms with Crippen molar-refractivity contribution in [3.05, 3.63) is 75.8 Å². The summed E-state index contributed by atoms with van der Waals surface area (Å²) in [5, 5.41) is 15.6. The maximum Gasteiger partial charge on any atom is 0.196 e. The Morgan fingerprint density at radius 2 is 1.73 bits per heavy atom. The molecule has 3 aliphatic rings. The maximum absolute atomic E-state index is 13.6. The van der Waals surface area contributed by atoms with Gasteiger partial charge in [0, 0.05) is 28.7 Å². The first kappa shape index (κ1) is 17.8. The summed E-state index contributed by atoms with van der Waals surface area (Å²) in [4.78, 5) is 27.1. The first-order chi connectivity index (χ1) is 14.4. The number of ether oxygens (including phenoxy) is 1. The van der Waals surface area contributed by atoms with Crippen LogP contribution in [-0.4, -0.2) is 34.9 Å². The standard InChI is InChI=1S/C25H21NO4/c1-11-3-5-14-13(9-11)4-6-16-20(14)24(28)17-8-7-15-19-10-18(23(27)12(2)30-19)26-22(15)21(17)25(16)29/h3-9,12,18-19,23,26-27H,10H2,1-2H3/t12-,18+,19+,23-/m0/s1. The minimum Gasteiger partial charge on any atom is -0.388 e. The lowest BCUT2D eigenvalue weighted by Crippen LogP contribution is -2.50. The molecular formula is C25H21NO4. The van der Waals surface area contributed by atoms with Crippen molar-refractivity contribution >= 4 is 28.0 Å². The van der Waals surface area contributed by atoms with Crippen molar-refractivity contribution in [1.82, 2.24) is 0 Å². The lowest BCUT2D eigenvalue weighted by molar-refractivity contribution is -0.119. The van der Waals surface area contributed by atoms with Gasteiger partial charge in [0.25, 0.3) is 0 Å². The molecule has 30 heavy (non-hydrogen) atoms. The second-order valence-electron chi connectivity index (χ2n) is 8.63. The monoisotopic (exact) mass is 399 g/mol. The summed E-state index contributed by atoms with van der Waals surface area (Å²) >= 11 is 0. The van der Waals surface area contributed by atoms with Crippen LogP contribution in [0.1, 0.15) is 62.4 Å². The van der Waals surface area contributed by atoms with Gasteiger partial charge < -0.3 is 15.2 Å². The summed E-state index contributed by atoms with van der Waals surface area (Å²) in [5.74, 6) is -0.293. The molecule has 0 spiro atoms. The van der Waals surface area contributed by atoms with Gasteiger partial charge in [0.05, 0.1) is 29.5 Å². The van der Waals surface area contributed by atoms with Gasteiger partial charge in [0.1, 0.15) is 6.10 Å². The molecule has 1 aliphatic carbocycles. The number of carbonyl (C=O) groups excluding carboxylic acids is 2. The molecule has 0 aromatic heterocycles. The average Bonchev–Trinajstić information content (AvgIpc) is 2.74. The predicted octanol–water partition coefficient (Wildman–Crippen LogP) is 3.93. The summed E-state index contributed by atoms with van der Waals surface area (Å²) < 4.78 is 6.00. The molecule has 1 saturated heterocycles. The van der Waals surface area contributed by atoms with E-state index in [-0.39, 0.29) is 29.8 Å². The summed E-state index contributed by atoms with van der Waals surface area (Å²) in [6, 6.07) is 13.0. The number of nitrogens with one attached hydrogen (secondary N) is 1. The van der Waals surface area contributed by atoms with Gasteiger partial charge in [-0.05, 0) is 36.8 Å². The third-order valence-corrected chi connectivity index (χ3v) is 6.77. The molecule has 4 atom stereocenters.